The fourth-order valence-corrected chi connectivity index (χ4v) is 5.53. The number of hydrogen-bond donors (Lipinski definition) is 4. The summed E-state index contributed by atoms with van der Waals surface area (Å²) in [5, 5.41) is 23.2. The molecule has 1 aromatic heterocycles. The van der Waals surface area contributed by atoms with Crippen LogP contribution in [0, 0.1) is 31.6 Å². The standard InChI is InChI=1S/C28H35N5O3/c1-15(34)14-23-22(12-13-29-23)27(35)31-26(25(19-4-5-19)20-6-7-20)28(36)30-21-10-8-18(9-11-21)24-16(2)32-33-17(24)3/h8-13,15,19-20,23,25-26,34H,4-7,14H2,1-3H3,(H,30,36)(H,31,35)(H,32,33). The van der Waals surface area contributed by atoms with E-state index >= 15 is 0 Å². The number of aliphatic hydroxyl groups is 1. The highest BCUT2D eigenvalue weighted by molar-refractivity contribution is 6.04. The number of carbonyl (C=O) groups excluding carboxylic acids is 2. The number of aliphatic hydroxyl groups excluding tert-OH is 1. The summed E-state index contributed by atoms with van der Waals surface area (Å²) in [6, 6.07) is 6.77. The Balaban J connectivity index is 1.33. The summed E-state index contributed by atoms with van der Waals surface area (Å²) >= 11 is 0. The smallest absolute Gasteiger partial charge is 0.250 e. The van der Waals surface area contributed by atoms with Crippen molar-refractivity contribution in [2.24, 2.45) is 22.7 Å². The Labute approximate surface area is 211 Å². The third-order valence-electron chi connectivity index (χ3n) is 7.56. The number of allylic oxidation sites excluding steroid dienone is 1. The Morgan fingerprint density at radius 1 is 1.11 bits per heavy atom. The van der Waals surface area contributed by atoms with Crippen molar-refractivity contribution in [3.8, 4) is 11.1 Å². The molecule has 5 rings (SSSR count). The first-order valence-corrected chi connectivity index (χ1v) is 13.0. The number of carbonyl (C=O) groups is 2. The van der Waals surface area contributed by atoms with Crippen LogP contribution in [0.25, 0.3) is 11.1 Å². The Morgan fingerprint density at radius 2 is 1.78 bits per heavy atom. The van der Waals surface area contributed by atoms with E-state index in [0.29, 0.717) is 29.5 Å². The number of aromatic nitrogens is 2. The maximum atomic E-state index is 13.6. The number of aryl methyl sites for hydroxylation is 2. The topological polar surface area (TPSA) is 119 Å². The molecule has 2 amide bonds. The van der Waals surface area contributed by atoms with E-state index in [1.165, 1.54) is 0 Å². The van der Waals surface area contributed by atoms with Crippen LogP contribution in [0.5, 0.6) is 0 Å². The molecule has 0 spiro atoms. The summed E-state index contributed by atoms with van der Waals surface area (Å²) in [4.78, 5) is 31.3. The number of aromatic amines is 1. The predicted octanol–water partition coefficient (Wildman–Crippen LogP) is 3.70. The van der Waals surface area contributed by atoms with Gasteiger partial charge in [0.2, 0.25) is 11.8 Å². The van der Waals surface area contributed by atoms with E-state index in [1.54, 1.807) is 19.2 Å². The van der Waals surface area contributed by atoms with E-state index in [0.717, 1.165) is 48.2 Å². The summed E-state index contributed by atoms with van der Waals surface area (Å²) in [6.07, 6.45) is 7.54. The van der Waals surface area contributed by atoms with Crippen LogP contribution < -0.4 is 10.6 Å². The lowest BCUT2D eigenvalue weighted by atomic mass is 9.88. The van der Waals surface area contributed by atoms with Crippen molar-refractivity contribution in [3.63, 3.8) is 0 Å². The third-order valence-corrected chi connectivity index (χ3v) is 7.56. The lowest BCUT2D eigenvalue weighted by Crippen LogP contribution is -2.51. The molecule has 3 aliphatic rings. The van der Waals surface area contributed by atoms with Crippen LogP contribution in [0.3, 0.4) is 0 Å². The van der Waals surface area contributed by atoms with E-state index in [4.69, 9.17) is 0 Å². The summed E-state index contributed by atoms with van der Waals surface area (Å²) in [5.41, 5.74) is 5.25. The zero-order valence-electron chi connectivity index (χ0n) is 21.1. The predicted molar refractivity (Wildman–Crippen MR) is 140 cm³/mol. The second kappa shape index (κ2) is 10.0. The third kappa shape index (κ3) is 5.28. The molecule has 2 aromatic rings. The number of amides is 2. The molecular formula is C28H35N5O3. The van der Waals surface area contributed by atoms with Gasteiger partial charge >= 0.3 is 0 Å². The molecule has 3 atom stereocenters. The molecule has 2 saturated carbocycles. The minimum Gasteiger partial charge on any atom is -0.393 e. The van der Waals surface area contributed by atoms with Gasteiger partial charge in [-0.05, 0) is 94.4 Å². The van der Waals surface area contributed by atoms with E-state index < -0.39 is 12.1 Å². The molecule has 2 aliphatic carbocycles. The molecule has 1 aromatic carbocycles. The van der Waals surface area contributed by atoms with Gasteiger partial charge in [-0.3, -0.25) is 19.7 Å². The molecule has 36 heavy (non-hydrogen) atoms. The number of H-pyrrole nitrogens is 1. The fourth-order valence-electron chi connectivity index (χ4n) is 5.53. The fraction of sp³-hybridized carbons (Fsp3) is 0.500. The maximum absolute atomic E-state index is 13.6. The molecule has 8 heteroatoms. The Kier molecular flexibility index (Phi) is 6.79. The van der Waals surface area contributed by atoms with E-state index in [1.807, 2.05) is 38.1 Å². The SMILES string of the molecule is Cc1n[nH]c(C)c1-c1ccc(NC(=O)C(NC(=O)C2=CC=NC2CC(C)O)C(C2CC2)C2CC2)cc1. The Morgan fingerprint density at radius 3 is 2.33 bits per heavy atom. The van der Waals surface area contributed by atoms with E-state index in [2.05, 4.69) is 25.8 Å². The lowest BCUT2D eigenvalue weighted by Gasteiger charge is -2.28. The minimum absolute atomic E-state index is 0.141. The first-order chi connectivity index (χ1) is 17.3. The minimum atomic E-state index is -0.607. The molecule has 0 bridgehead atoms. The van der Waals surface area contributed by atoms with Gasteiger partial charge in [-0.15, -0.1) is 0 Å². The lowest BCUT2D eigenvalue weighted by molar-refractivity contribution is -0.126. The van der Waals surface area contributed by atoms with Crippen LogP contribution in [0.15, 0.2) is 40.9 Å². The van der Waals surface area contributed by atoms with Gasteiger partial charge in [-0.25, -0.2) is 0 Å². The van der Waals surface area contributed by atoms with Crippen molar-refractivity contribution in [2.45, 2.75) is 71.1 Å². The first kappa shape index (κ1) is 24.4. The monoisotopic (exact) mass is 489 g/mol. The number of nitrogens with zero attached hydrogens (tertiary/aromatic N) is 2. The van der Waals surface area contributed by atoms with Crippen molar-refractivity contribution in [3.05, 3.63) is 47.3 Å². The number of hydrogen-bond acceptors (Lipinski definition) is 5. The Bertz CT molecular complexity index is 1160. The second-order valence-corrected chi connectivity index (χ2v) is 10.6. The van der Waals surface area contributed by atoms with Crippen molar-refractivity contribution in [1.29, 1.82) is 0 Å². The second-order valence-electron chi connectivity index (χ2n) is 10.6. The van der Waals surface area contributed by atoms with Crippen molar-refractivity contribution >= 4 is 23.7 Å². The number of nitrogens with one attached hydrogen (secondary N) is 3. The quantitative estimate of drug-likeness (QED) is 0.407. The van der Waals surface area contributed by atoms with Gasteiger partial charge in [0.05, 0.1) is 17.8 Å². The highest BCUT2D eigenvalue weighted by atomic mass is 16.3. The van der Waals surface area contributed by atoms with Gasteiger partial charge < -0.3 is 15.7 Å². The van der Waals surface area contributed by atoms with Crippen molar-refractivity contribution < 1.29 is 14.7 Å². The molecule has 2 fully saturated rings. The number of rotatable bonds is 10. The normalized spacial score (nSPS) is 20.8. The number of benzene rings is 1. The molecular weight excluding hydrogens is 454 g/mol. The molecule has 190 valence electrons. The van der Waals surface area contributed by atoms with E-state index in [-0.39, 0.29) is 23.8 Å². The molecule has 3 unspecified atom stereocenters. The molecule has 2 heterocycles. The van der Waals surface area contributed by atoms with Crippen LogP contribution in [0.4, 0.5) is 5.69 Å². The molecule has 1 aliphatic heterocycles. The van der Waals surface area contributed by atoms with Crippen LogP contribution in [-0.2, 0) is 9.59 Å². The summed E-state index contributed by atoms with van der Waals surface area (Å²) < 4.78 is 0. The zero-order valence-corrected chi connectivity index (χ0v) is 21.1. The van der Waals surface area contributed by atoms with Crippen LogP contribution >= 0.6 is 0 Å². The maximum Gasteiger partial charge on any atom is 0.250 e. The Hall–Kier alpha value is -3.26. The van der Waals surface area contributed by atoms with Crippen molar-refractivity contribution in [1.82, 2.24) is 15.5 Å². The van der Waals surface area contributed by atoms with Gasteiger partial charge in [0.1, 0.15) is 6.04 Å². The van der Waals surface area contributed by atoms with Gasteiger partial charge in [0.25, 0.3) is 0 Å². The van der Waals surface area contributed by atoms with Gasteiger partial charge in [-0.1, -0.05) is 12.1 Å². The molecule has 0 saturated heterocycles. The van der Waals surface area contributed by atoms with Crippen LogP contribution in [0.1, 0.15) is 50.4 Å². The van der Waals surface area contributed by atoms with Crippen molar-refractivity contribution in [2.75, 3.05) is 5.32 Å². The van der Waals surface area contributed by atoms with Crippen LogP contribution in [0.2, 0.25) is 0 Å². The van der Waals surface area contributed by atoms with Crippen LogP contribution in [-0.4, -0.2) is 51.5 Å². The molecule has 0 radical (unpaired) electrons. The largest absolute Gasteiger partial charge is 0.393 e. The average Bonchev–Trinajstić information content (AvgIpc) is 3.77. The summed E-state index contributed by atoms with van der Waals surface area (Å²) in [6.45, 7) is 5.65. The number of aliphatic imine (C=N–C) groups is 1. The first-order valence-electron chi connectivity index (χ1n) is 13.0. The highest BCUT2D eigenvalue weighted by Gasteiger charge is 2.48. The highest BCUT2D eigenvalue weighted by Crippen LogP contribution is 2.51. The summed E-state index contributed by atoms with van der Waals surface area (Å²) in [5.74, 6) is 0.644. The van der Waals surface area contributed by atoms with Gasteiger partial charge in [0, 0.05) is 28.7 Å². The van der Waals surface area contributed by atoms with Gasteiger partial charge in [-0.2, -0.15) is 5.10 Å². The summed E-state index contributed by atoms with van der Waals surface area (Å²) in [7, 11) is 0. The van der Waals surface area contributed by atoms with E-state index in [9.17, 15) is 14.7 Å². The van der Waals surface area contributed by atoms with Gasteiger partial charge in [0.15, 0.2) is 0 Å². The molecule has 8 nitrogen and oxygen atoms in total. The molecule has 4 N–H and O–H groups in total. The number of anilines is 1. The zero-order chi connectivity index (χ0) is 25.4. The average molecular weight is 490 g/mol.